The molecule has 5 nitrogen and oxygen atoms in total. The van der Waals surface area contributed by atoms with Crippen molar-refractivity contribution in [3.8, 4) is 0 Å². The Labute approximate surface area is 128 Å². The molecule has 0 aliphatic heterocycles. The van der Waals surface area contributed by atoms with Gasteiger partial charge in [-0.25, -0.2) is 8.42 Å². The lowest BCUT2D eigenvalue weighted by atomic mass is 10.1. The van der Waals surface area contributed by atoms with Gasteiger partial charge in [-0.1, -0.05) is 19.1 Å². The highest BCUT2D eigenvalue weighted by Crippen LogP contribution is 2.24. The molecule has 0 bridgehead atoms. The summed E-state index contributed by atoms with van der Waals surface area (Å²) in [6.07, 6.45) is 0. The van der Waals surface area contributed by atoms with Gasteiger partial charge in [-0.2, -0.15) is 4.31 Å². The van der Waals surface area contributed by atoms with E-state index in [1.807, 2.05) is 45.8 Å². The second-order valence-electron chi connectivity index (χ2n) is 5.56. The van der Waals surface area contributed by atoms with Crippen LogP contribution in [-0.2, 0) is 16.6 Å². The van der Waals surface area contributed by atoms with Gasteiger partial charge in [0.25, 0.3) is 0 Å². The molecular weight excluding hydrogens is 286 g/mol. The highest BCUT2D eigenvalue weighted by atomic mass is 32.2. The molecule has 1 aromatic rings. The predicted molar refractivity (Wildman–Crippen MR) is 86.7 cm³/mol. The van der Waals surface area contributed by atoms with E-state index in [4.69, 9.17) is 5.73 Å². The molecule has 2 N–H and O–H groups in total. The summed E-state index contributed by atoms with van der Waals surface area (Å²) in [6.45, 7) is 7.09. The summed E-state index contributed by atoms with van der Waals surface area (Å²) in [7, 11) is 0.375. The van der Waals surface area contributed by atoms with Gasteiger partial charge >= 0.3 is 0 Å². The van der Waals surface area contributed by atoms with Crippen LogP contribution in [0, 0.1) is 6.92 Å². The molecule has 1 aromatic carbocycles. The third-order valence-corrected chi connectivity index (χ3v) is 5.87. The third-order valence-electron chi connectivity index (χ3n) is 3.64. The average molecular weight is 313 g/mol. The Balaban J connectivity index is 3.25. The summed E-state index contributed by atoms with van der Waals surface area (Å²) in [6, 6.07) is 5.20. The molecule has 0 aromatic heterocycles. The third kappa shape index (κ3) is 4.03. The lowest BCUT2D eigenvalue weighted by Crippen LogP contribution is -2.43. The number of nitrogens with two attached hydrogens (primary N) is 1. The molecule has 0 saturated heterocycles. The smallest absolute Gasteiger partial charge is 0.243 e. The zero-order valence-corrected chi connectivity index (χ0v) is 14.4. The number of benzene rings is 1. The monoisotopic (exact) mass is 313 g/mol. The first-order chi connectivity index (χ1) is 9.75. The van der Waals surface area contributed by atoms with Crippen LogP contribution >= 0.6 is 0 Å². The molecule has 1 atom stereocenters. The molecule has 6 heteroatoms. The fourth-order valence-corrected chi connectivity index (χ4v) is 4.53. The van der Waals surface area contributed by atoms with Gasteiger partial charge in [-0.05, 0) is 45.1 Å². The van der Waals surface area contributed by atoms with Crippen LogP contribution in [0.4, 0.5) is 0 Å². The van der Waals surface area contributed by atoms with Gasteiger partial charge in [-0.15, -0.1) is 0 Å². The summed E-state index contributed by atoms with van der Waals surface area (Å²) in [5, 5.41) is 0. The quantitative estimate of drug-likeness (QED) is 0.826. The van der Waals surface area contributed by atoms with Crippen LogP contribution in [0.25, 0.3) is 0 Å². The van der Waals surface area contributed by atoms with Crippen molar-refractivity contribution in [2.45, 2.75) is 38.3 Å². The van der Waals surface area contributed by atoms with Crippen LogP contribution in [0.5, 0.6) is 0 Å². The van der Waals surface area contributed by atoms with Crippen LogP contribution in [0.2, 0.25) is 0 Å². The Morgan fingerprint density at radius 1 is 1.29 bits per heavy atom. The van der Waals surface area contributed by atoms with Crippen molar-refractivity contribution >= 4 is 10.0 Å². The Hall–Kier alpha value is -0.950. The zero-order valence-electron chi connectivity index (χ0n) is 13.6. The van der Waals surface area contributed by atoms with Crippen LogP contribution < -0.4 is 5.73 Å². The molecule has 0 aliphatic rings. The summed E-state index contributed by atoms with van der Waals surface area (Å²) in [5.41, 5.74) is 7.30. The molecule has 0 aliphatic carbocycles. The van der Waals surface area contributed by atoms with Gasteiger partial charge in [0.2, 0.25) is 10.0 Å². The average Bonchev–Trinajstić information content (AvgIpc) is 2.38. The fourth-order valence-electron chi connectivity index (χ4n) is 2.62. The minimum Gasteiger partial charge on any atom is -0.326 e. The summed E-state index contributed by atoms with van der Waals surface area (Å²) < 4.78 is 27.4. The highest BCUT2D eigenvalue weighted by molar-refractivity contribution is 7.89. The Kier molecular flexibility index (Phi) is 6.34. The summed E-state index contributed by atoms with van der Waals surface area (Å²) in [5.74, 6) is 0. The lowest BCUT2D eigenvalue weighted by Gasteiger charge is -2.30. The van der Waals surface area contributed by atoms with Crippen molar-refractivity contribution in [3.05, 3.63) is 29.3 Å². The van der Waals surface area contributed by atoms with Crippen LogP contribution in [-0.4, -0.2) is 50.8 Å². The first-order valence-corrected chi connectivity index (χ1v) is 8.64. The van der Waals surface area contributed by atoms with Gasteiger partial charge in [-0.3, -0.25) is 0 Å². The largest absolute Gasteiger partial charge is 0.326 e. The minimum absolute atomic E-state index is 0.0871. The number of likely N-dealkylation sites (N-methyl/N-ethyl adjacent to an activating group) is 2. The Bertz CT molecular complexity index is 570. The van der Waals surface area contributed by atoms with E-state index in [0.717, 1.165) is 11.1 Å². The second-order valence-corrected chi connectivity index (χ2v) is 7.42. The Morgan fingerprint density at radius 3 is 2.38 bits per heavy atom. The molecule has 0 heterocycles. The van der Waals surface area contributed by atoms with E-state index in [1.165, 1.54) is 0 Å². The summed E-state index contributed by atoms with van der Waals surface area (Å²) in [4.78, 5) is 2.35. The molecule has 0 radical (unpaired) electrons. The first-order valence-electron chi connectivity index (χ1n) is 7.20. The molecule has 1 rings (SSSR count). The normalized spacial score (nSPS) is 13.9. The fraction of sp³-hybridized carbons (Fsp3) is 0.600. The summed E-state index contributed by atoms with van der Waals surface area (Å²) >= 11 is 0. The van der Waals surface area contributed by atoms with Crippen LogP contribution in [0.1, 0.15) is 25.0 Å². The van der Waals surface area contributed by atoms with Crippen molar-refractivity contribution in [2.24, 2.45) is 5.73 Å². The maximum absolute atomic E-state index is 12.9. The van der Waals surface area contributed by atoms with E-state index in [-0.39, 0.29) is 6.04 Å². The maximum atomic E-state index is 12.9. The zero-order chi connectivity index (χ0) is 16.2. The molecule has 0 spiro atoms. The van der Waals surface area contributed by atoms with Gasteiger partial charge in [0.05, 0.1) is 4.90 Å². The Morgan fingerprint density at radius 2 is 1.90 bits per heavy atom. The van der Waals surface area contributed by atoms with E-state index >= 15 is 0 Å². The molecule has 0 saturated carbocycles. The van der Waals surface area contributed by atoms with E-state index < -0.39 is 10.0 Å². The molecular formula is C15H27N3O2S. The molecule has 21 heavy (non-hydrogen) atoms. The molecule has 0 amide bonds. The van der Waals surface area contributed by atoms with Crippen molar-refractivity contribution in [3.63, 3.8) is 0 Å². The van der Waals surface area contributed by atoms with Gasteiger partial charge in [0.1, 0.15) is 0 Å². The number of hydrogen-bond acceptors (Lipinski definition) is 4. The van der Waals surface area contributed by atoms with Crippen LogP contribution in [0.3, 0.4) is 0 Å². The van der Waals surface area contributed by atoms with Crippen LogP contribution in [0.15, 0.2) is 23.1 Å². The second kappa shape index (κ2) is 7.35. The number of rotatable bonds is 7. The van der Waals surface area contributed by atoms with E-state index in [1.54, 1.807) is 16.4 Å². The molecule has 120 valence electrons. The maximum Gasteiger partial charge on any atom is 0.243 e. The van der Waals surface area contributed by atoms with Gasteiger partial charge < -0.3 is 10.6 Å². The van der Waals surface area contributed by atoms with Crippen molar-refractivity contribution in [1.82, 2.24) is 9.21 Å². The topological polar surface area (TPSA) is 66.6 Å². The lowest BCUT2D eigenvalue weighted by molar-refractivity contribution is 0.271. The van der Waals surface area contributed by atoms with Gasteiger partial charge in [0.15, 0.2) is 0 Å². The van der Waals surface area contributed by atoms with E-state index in [2.05, 4.69) is 0 Å². The van der Waals surface area contributed by atoms with Crippen molar-refractivity contribution in [1.29, 1.82) is 0 Å². The number of sulfonamides is 1. The van der Waals surface area contributed by atoms with Crippen molar-refractivity contribution < 1.29 is 8.42 Å². The highest BCUT2D eigenvalue weighted by Gasteiger charge is 2.29. The van der Waals surface area contributed by atoms with E-state index in [9.17, 15) is 8.42 Å². The molecule has 1 unspecified atom stereocenters. The predicted octanol–water partition coefficient (Wildman–Crippen LogP) is 1.41. The van der Waals surface area contributed by atoms with Crippen molar-refractivity contribution in [2.75, 3.05) is 27.2 Å². The minimum atomic E-state index is -3.51. The van der Waals surface area contributed by atoms with Gasteiger partial charge in [0, 0.05) is 25.7 Å². The standard InChI is InChI=1S/C15H27N3O2S/c1-6-18(12(2)11-17(4)5)21(19,20)15-9-7-8-14(10-16)13(15)3/h7-9,12H,6,10-11,16H2,1-5H3. The molecule has 0 fully saturated rings. The van der Waals surface area contributed by atoms with E-state index in [0.29, 0.717) is 24.5 Å². The SMILES string of the molecule is CCN(C(C)CN(C)C)S(=O)(=O)c1cccc(CN)c1C. The number of nitrogens with zero attached hydrogens (tertiary/aromatic N) is 2. The number of hydrogen-bond donors (Lipinski definition) is 1. The first kappa shape index (κ1) is 18.1.